The third-order valence-corrected chi connectivity index (χ3v) is 12.0. The summed E-state index contributed by atoms with van der Waals surface area (Å²) in [5.41, 5.74) is 12.0. The van der Waals surface area contributed by atoms with E-state index < -0.39 is 0 Å². The SMILES string of the molecule is c1ccc(-c2ccc3c(c2)oc2c(-c4ccccc4)ccc(N(c4cccc5ccccc45)c4cccc5sc6cc(-c7ccccc7)ccc6c45)c23)cc1. The molecule has 11 aromatic rings. The summed E-state index contributed by atoms with van der Waals surface area (Å²) in [5, 5.41) is 7.06. The van der Waals surface area contributed by atoms with Crippen molar-refractivity contribution in [3.63, 3.8) is 0 Å². The molecule has 0 atom stereocenters. The topological polar surface area (TPSA) is 16.4 Å². The van der Waals surface area contributed by atoms with Gasteiger partial charge < -0.3 is 9.32 Å². The second kappa shape index (κ2) is 12.9. The van der Waals surface area contributed by atoms with Gasteiger partial charge in [-0.25, -0.2) is 0 Å². The first-order valence-electron chi connectivity index (χ1n) is 18.7. The van der Waals surface area contributed by atoms with E-state index in [-0.39, 0.29) is 0 Å². The first-order valence-corrected chi connectivity index (χ1v) is 19.5. The maximum Gasteiger partial charge on any atom is 0.145 e. The molecule has 2 nitrogen and oxygen atoms in total. The van der Waals surface area contributed by atoms with Crippen LogP contribution in [-0.2, 0) is 0 Å². The van der Waals surface area contributed by atoms with Crippen LogP contribution in [0.15, 0.2) is 205 Å². The zero-order valence-electron chi connectivity index (χ0n) is 29.8. The smallest absolute Gasteiger partial charge is 0.145 e. The summed E-state index contributed by atoms with van der Waals surface area (Å²) in [4.78, 5) is 2.49. The summed E-state index contributed by atoms with van der Waals surface area (Å²) in [5.74, 6) is 0. The number of anilines is 3. The Bertz CT molecular complexity index is 3190. The van der Waals surface area contributed by atoms with Crippen LogP contribution in [0.5, 0.6) is 0 Å². The van der Waals surface area contributed by atoms with Crippen LogP contribution in [0, 0.1) is 0 Å². The fraction of sp³-hybridized carbons (Fsp3) is 0. The quantitative estimate of drug-likeness (QED) is 0.170. The van der Waals surface area contributed by atoms with Crippen molar-refractivity contribution in [2.24, 2.45) is 0 Å². The number of fused-ring (bicyclic) bond motifs is 7. The third-order valence-electron chi connectivity index (χ3n) is 10.9. The zero-order chi connectivity index (χ0) is 36.3. The lowest BCUT2D eigenvalue weighted by molar-refractivity contribution is 0.670. The summed E-state index contributed by atoms with van der Waals surface area (Å²) in [6.07, 6.45) is 0. The molecule has 9 aromatic carbocycles. The zero-order valence-corrected chi connectivity index (χ0v) is 30.6. The average molecular weight is 720 g/mol. The summed E-state index contributed by atoms with van der Waals surface area (Å²) in [6.45, 7) is 0. The minimum absolute atomic E-state index is 0.867. The van der Waals surface area contributed by atoms with E-state index in [1.54, 1.807) is 0 Å². The van der Waals surface area contributed by atoms with Crippen LogP contribution in [0.25, 0.3) is 86.3 Å². The Morgan fingerprint density at radius 1 is 0.364 bits per heavy atom. The van der Waals surface area contributed by atoms with E-state index >= 15 is 0 Å². The van der Waals surface area contributed by atoms with Crippen LogP contribution < -0.4 is 4.90 Å². The molecule has 0 bridgehead atoms. The highest BCUT2D eigenvalue weighted by Crippen LogP contribution is 2.51. The molecule has 11 rings (SSSR count). The van der Waals surface area contributed by atoms with E-state index in [4.69, 9.17) is 4.42 Å². The molecule has 0 aliphatic rings. The first kappa shape index (κ1) is 31.6. The van der Waals surface area contributed by atoms with Crippen molar-refractivity contribution >= 4 is 81.3 Å². The Kier molecular flexibility index (Phi) is 7.39. The molecule has 2 heterocycles. The highest BCUT2D eigenvalue weighted by Gasteiger charge is 2.25. The molecule has 3 heteroatoms. The van der Waals surface area contributed by atoms with Crippen LogP contribution in [-0.4, -0.2) is 0 Å². The highest BCUT2D eigenvalue weighted by molar-refractivity contribution is 7.26. The Balaban J connectivity index is 1.23. The number of hydrogen-bond acceptors (Lipinski definition) is 3. The van der Waals surface area contributed by atoms with Crippen molar-refractivity contribution in [3.05, 3.63) is 200 Å². The molecule has 0 saturated carbocycles. The molecule has 0 radical (unpaired) electrons. The minimum Gasteiger partial charge on any atom is -0.455 e. The Morgan fingerprint density at radius 2 is 0.964 bits per heavy atom. The van der Waals surface area contributed by atoms with E-state index in [0.717, 1.165) is 61.3 Å². The van der Waals surface area contributed by atoms with Gasteiger partial charge in [-0.15, -0.1) is 11.3 Å². The Labute approximate surface area is 322 Å². The van der Waals surface area contributed by atoms with Crippen LogP contribution in [0.1, 0.15) is 0 Å². The predicted molar refractivity (Wildman–Crippen MR) is 235 cm³/mol. The molecular weight excluding hydrogens is 687 g/mol. The van der Waals surface area contributed by atoms with Crippen molar-refractivity contribution in [1.29, 1.82) is 0 Å². The molecule has 0 aliphatic carbocycles. The van der Waals surface area contributed by atoms with Crippen LogP contribution in [0.4, 0.5) is 17.1 Å². The van der Waals surface area contributed by atoms with Crippen LogP contribution >= 0.6 is 11.3 Å². The van der Waals surface area contributed by atoms with Gasteiger partial charge in [-0.3, -0.25) is 0 Å². The lowest BCUT2D eigenvalue weighted by atomic mass is 9.97. The molecule has 0 aliphatic heterocycles. The number of hydrogen-bond donors (Lipinski definition) is 0. The van der Waals surface area contributed by atoms with Gasteiger partial charge in [0.15, 0.2) is 0 Å². The van der Waals surface area contributed by atoms with Gasteiger partial charge >= 0.3 is 0 Å². The Hall–Kier alpha value is -6.94. The summed E-state index contributed by atoms with van der Waals surface area (Å²) in [6, 6.07) is 72.0. The van der Waals surface area contributed by atoms with E-state index in [1.807, 2.05) is 11.3 Å². The molecule has 55 heavy (non-hydrogen) atoms. The fourth-order valence-corrected chi connectivity index (χ4v) is 9.47. The van der Waals surface area contributed by atoms with E-state index in [2.05, 4.69) is 205 Å². The Morgan fingerprint density at radius 3 is 1.73 bits per heavy atom. The van der Waals surface area contributed by atoms with Gasteiger partial charge in [-0.2, -0.15) is 0 Å². The number of thiophene rings is 1. The molecule has 0 amide bonds. The maximum absolute atomic E-state index is 7.02. The number of rotatable bonds is 6. The lowest BCUT2D eigenvalue weighted by Gasteiger charge is -2.29. The summed E-state index contributed by atoms with van der Waals surface area (Å²) >= 11 is 1.86. The molecule has 0 unspecified atom stereocenters. The molecule has 258 valence electrons. The second-order valence-electron chi connectivity index (χ2n) is 14.0. The largest absolute Gasteiger partial charge is 0.455 e. The second-order valence-corrected chi connectivity index (χ2v) is 15.1. The van der Waals surface area contributed by atoms with Crippen molar-refractivity contribution in [3.8, 4) is 33.4 Å². The fourth-order valence-electron chi connectivity index (χ4n) is 8.30. The summed E-state index contributed by atoms with van der Waals surface area (Å²) in [7, 11) is 0. The van der Waals surface area contributed by atoms with E-state index in [0.29, 0.717) is 0 Å². The van der Waals surface area contributed by atoms with Gasteiger partial charge in [0.2, 0.25) is 0 Å². The third kappa shape index (κ3) is 5.24. The number of furan rings is 1. The van der Waals surface area contributed by atoms with Gasteiger partial charge in [0, 0.05) is 36.5 Å². The van der Waals surface area contributed by atoms with E-state index in [9.17, 15) is 0 Å². The molecule has 0 N–H and O–H groups in total. The van der Waals surface area contributed by atoms with E-state index in [1.165, 1.54) is 42.1 Å². The molecule has 0 fully saturated rings. The van der Waals surface area contributed by atoms with Crippen molar-refractivity contribution < 1.29 is 4.42 Å². The average Bonchev–Trinajstić information content (AvgIpc) is 3.83. The standard InChI is InChI=1S/C52H33NOS/c1-4-14-34(15-5-1)38-26-28-42-47(32-38)54-52-41(37-18-8-3-9-19-37)30-31-46(51(42)52)53(44-23-12-21-36-20-10-11-22-40(36)44)45-24-13-25-48-50(45)43-29-27-39(33-49(43)55-48)35-16-6-2-7-17-35/h1-33H. The van der Waals surface area contributed by atoms with Crippen LogP contribution in [0.2, 0.25) is 0 Å². The van der Waals surface area contributed by atoms with Gasteiger partial charge in [0.05, 0.1) is 22.4 Å². The molecule has 0 spiro atoms. The minimum atomic E-state index is 0.867. The molecular formula is C52H33NOS. The number of benzene rings is 9. The monoisotopic (exact) mass is 719 g/mol. The van der Waals surface area contributed by atoms with Crippen molar-refractivity contribution in [2.45, 2.75) is 0 Å². The van der Waals surface area contributed by atoms with Gasteiger partial charge in [-0.05, 0) is 81.7 Å². The normalized spacial score (nSPS) is 11.6. The summed E-state index contributed by atoms with van der Waals surface area (Å²) < 4.78 is 9.55. The molecule has 0 saturated heterocycles. The molecule has 2 aromatic heterocycles. The first-order chi connectivity index (χ1) is 27.3. The maximum atomic E-state index is 7.02. The number of nitrogens with zero attached hydrogens (tertiary/aromatic N) is 1. The lowest BCUT2D eigenvalue weighted by Crippen LogP contribution is -2.11. The predicted octanol–water partition coefficient (Wildman–Crippen LogP) is 15.6. The highest BCUT2D eigenvalue weighted by atomic mass is 32.1. The van der Waals surface area contributed by atoms with Crippen molar-refractivity contribution in [2.75, 3.05) is 4.90 Å². The van der Waals surface area contributed by atoms with Gasteiger partial charge in [0.1, 0.15) is 11.2 Å². The van der Waals surface area contributed by atoms with Gasteiger partial charge in [-0.1, -0.05) is 152 Å². The van der Waals surface area contributed by atoms with Crippen LogP contribution in [0.3, 0.4) is 0 Å². The van der Waals surface area contributed by atoms with Crippen molar-refractivity contribution in [1.82, 2.24) is 0 Å². The van der Waals surface area contributed by atoms with Gasteiger partial charge in [0.25, 0.3) is 0 Å².